The predicted octanol–water partition coefficient (Wildman–Crippen LogP) is 2.60. The molecule has 0 spiro atoms. The summed E-state index contributed by atoms with van der Waals surface area (Å²) in [5, 5.41) is 0. The standard InChI is InChI=1S/C13H22N2OS/c1-11(2)6-9-17-8-3-7-15-10-12(14)4-5-13(15)16/h4-5,10-11H,3,6-9,14H2,1-2H3. The summed E-state index contributed by atoms with van der Waals surface area (Å²) in [6.07, 6.45) is 4.01. The Morgan fingerprint density at radius 2 is 2.12 bits per heavy atom. The molecule has 0 amide bonds. The maximum absolute atomic E-state index is 11.5. The highest BCUT2D eigenvalue weighted by molar-refractivity contribution is 7.99. The highest BCUT2D eigenvalue weighted by Crippen LogP contribution is 2.10. The number of nitrogen functional groups attached to an aromatic ring is 1. The Labute approximate surface area is 107 Å². The van der Waals surface area contributed by atoms with E-state index in [2.05, 4.69) is 13.8 Å². The van der Waals surface area contributed by atoms with E-state index < -0.39 is 0 Å². The fourth-order valence-electron chi connectivity index (χ4n) is 1.48. The predicted molar refractivity (Wildman–Crippen MR) is 76.5 cm³/mol. The van der Waals surface area contributed by atoms with E-state index in [1.165, 1.54) is 18.2 Å². The minimum absolute atomic E-state index is 0.0337. The van der Waals surface area contributed by atoms with Gasteiger partial charge in [-0.05, 0) is 36.3 Å². The van der Waals surface area contributed by atoms with Gasteiger partial charge in [-0.2, -0.15) is 11.8 Å². The van der Waals surface area contributed by atoms with Crippen molar-refractivity contribution in [3.05, 3.63) is 28.7 Å². The van der Waals surface area contributed by atoms with E-state index in [4.69, 9.17) is 5.73 Å². The molecule has 1 heterocycles. The second kappa shape index (κ2) is 7.43. The van der Waals surface area contributed by atoms with E-state index in [1.807, 2.05) is 11.8 Å². The van der Waals surface area contributed by atoms with Crippen molar-refractivity contribution < 1.29 is 0 Å². The van der Waals surface area contributed by atoms with Crippen LogP contribution in [0.25, 0.3) is 0 Å². The number of anilines is 1. The van der Waals surface area contributed by atoms with Gasteiger partial charge in [-0.15, -0.1) is 0 Å². The van der Waals surface area contributed by atoms with E-state index in [0.29, 0.717) is 5.69 Å². The molecule has 0 aliphatic heterocycles. The van der Waals surface area contributed by atoms with Gasteiger partial charge in [0.05, 0.1) is 0 Å². The molecule has 0 saturated carbocycles. The maximum Gasteiger partial charge on any atom is 0.250 e. The van der Waals surface area contributed by atoms with Crippen LogP contribution in [0.4, 0.5) is 5.69 Å². The summed E-state index contributed by atoms with van der Waals surface area (Å²) in [5.74, 6) is 3.09. The number of nitrogens with zero attached hydrogens (tertiary/aromatic N) is 1. The minimum atomic E-state index is 0.0337. The summed E-state index contributed by atoms with van der Waals surface area (Å²) in [5.41, 5.74) is 6.33. The zero-order chi connectivity index (χ0) is 12.7. The normalized spacial score (nSPS) is 11.0. The first-order valence-corrected chi connectivity index (χ1v) is 7.29. The van der Waals surface area contributed by atoms with Crippen LogP contribution in [-0.2, 0) is 6.54 Å². The zero-order valence-corrected chi connectivity index (χ0v) is 11.5. The van der Waals surface area contributed by atoms with E-state index in [1.54, 1.807) is 16.8 Å². The van der Waals surface area contributed by atoms with E-state index >= 15 is 0 Å². The van der Waals surface area contributed by atoms with Gasteiger partial charge in [-0.3, -0.25) is 4.79 Å². The fourth-order valence-corrected chi connectivity index (χ4v) is 2.66. The lowest BCUT2D eigenvalue weighted by Crippen LogP contribution is -2.19. The van der Waals surface area contributed by atoms with Gasteiger partial charge in [0.25, 0.3) is 5.56 Å². The molecule has 2 N–H and O–H groups in total. The molecule has 4 heteroatoms. The van der Waals surface area contributed by atoms with Crippen molar-refractivity contribution in [3.63, 3.8) is 0 Å². The van der Waals surface area contributed by atoms with Crippen molar-refractivity contribution in [1.29, 1.82) is 0 Å². The minimum Gasteiger partial charge on any atom is -0.398 e. The lowest BCUT2D eigenvalue weighted by molar-refractivity contribution is 0.630. The SMILES string of the molecule is CC(C)CCSCCCn1cc(N)ccc1=O. The van der Waals surface area contributed by atoms with Gasteiger partial charge in [-0.1, -0.05) is 13.8 Å². The number of rotatable bonds is 7. The molecule has 1 aromatic heterocycles. The van der Waals surface area contributed by atoms with E-state index in [9.17, 15) is 4.79 Å². The Morgan fingerprint density at radius 3 is 2.82 bits per heavy atom. The lowest BCUT2D eigenvalue weighted by Gasteiger charge is -2.07. The number of pyridine rings is 1. The third-order valence-corrected chi connectivity index (χ3v) is 3.64. The first-order chi connectivity index (χ1) is 8.09. The van der Waals surface area contributed by atoms with Gasteiger partial charge in [-0.25, -0.2) is 0 Å². The average Bonchev–Trinajstić information content (AvgIpc) is 2.27. The van der Waals surface area contributed by atoms with Crippen molar-refractivity contribution in [2.24, 2.45) is 5.92 Å². The van der Waals surface area contributed by atoms with Crippen molar-refractivity contribution >= 4 is 17.4 Å². The Balaban J connectivity index is 2.22. The van der Waals surface area contributed by atoms with E-state index in [0.717, 1.165) is 24.6 Å². The number of aryl methyl sites for hydroxylation is 1. The third kappa shape index (κ3) is 5.82. The Morgan fingerprint density at radius 1 is 1.35 bits per heavy atom. The molecule has 1 rings (SSSR count). The summed E-state index contributed by atoms with van der Waals surface area (Å²) in [6, 6.07) is 3.18. The maximum atomic E-state index is 11.5. The van der Waals surface area contributed by atoms with Crippen LogP contribution < -0.4 is 11.3 Å². The molecule has 1 aromatic rings. The van der Waals surface area contributed by atoms with Crippen LogP contribution in [-0.4, -0.2) is 16.1 Å². The van der Waals surface area contributed by atoms with E-state index in [-0.39, 0.29) is 5.56 Å². The molecule has 96 valence electrons. The molecule has 0 bridgehead atoms. The van der Waals surface area contributed by atoms with Crippen LogP contribution in [0.3, 0.4) is 0 Å². The molecular weight excluding hydrogens is 232 g/mol. The highest BCUT2D eigenvalue weighted by Gasteiger charge is 1.98. The fraction of sp³-hybridized carbons (Fsp3) is 0.615. The number of nitrogens with two attached hydrogens (primary N) is 1. The number of hydrogen-bond donors (Lipinski definition) is 1. The average molecular weight is 254 g/mol. The second-order valence-corrected chi connectivity index (χ2v) is 5.87. The monoisotopic (exact) mass is 254 g/mol. The van der Waals surface area contributed by atoms with Gasteiger partial charge in [0, 0.05) is 24.5 Å². The summed E-state index contributed by atoms with van der Waals surface area (Å²) in [6.45, 7) is 5.25. The van der Waals surface area contributed by atoms with Crippen LogP contribution in [0.5, 0.6) is 0 Å². The molecule has 0 unspecified atom stereocenters. The molecule has 0 radical (unpaired) electrons. The quantitative estimate of drug-likeness (QED) is 0.761. The summed E-state index contributed by atoms with van der Waals surface area (Å²) >= 11 is 1.96. The van der Waals surface area contributed by atoms with Crippen LogP contribution >= 0.6 is 11.8 Å². The van der Waals surface area contributed by atoms with Crippen LogP contribution in [0.15, 0.2) is 23.1 Å². The lowest BCUT2D eigenvalue weighted by atomic mass is 10.2. The molecule has 0 aliphatic carbocycles. The van der Waals surface area contributed by atoms with Crippen molar-refractivity contribution in [1.82, 2.24) is 4.57 Å². The smallest absolute Gasteiger partial charge is 0.250 e. The van der Waals surface area contributed by atoms with Crippen molar-refractivity contribution in [2.75, 3.05) is 17.2 Å². The summed E-state index contributed by atoms with van der Waals surface area (Å²) in [7, 11) is 0. The Bertz CT molecular complexity index is 387. The van der Waals surface area contributed by atoms with Crippen molar-refractivity contribution in [3.8, 4) is 0 Å². The van der Waals surface area contributed by atoms with Gasteiger partial charge in [0.1, 0.15) is 0 Å². The molecule has 17 heavy (non-hydrogen) atoms. The molecule has 0 aliphatic rings. The third-order valence-electron chi connectivity index (χ3n) is 2.53. The van der Waals surface area contributed by atoms with Crippen molar-refractivity contribution in [2.45, 2.75) is 33.2 Å². The second-order valence-electron chi connectivity index (χ2n) is 4.64. The first kappa shape index (κ1) is 14.2. The van der Waals surface area contributed by atoms with Gasteiger partial charge < -0.3 is 10.3 Å². The van der Waals surface area contributed by atoms with Crippen LogP contribution in [0.1, 0.15) is 26.7 Å². The molecule has 0 saturated heterocycles. The largest absolute Gasteiger partial charge is 0.398 e. The first-order valence-electron chi connectivity index (χ1n) is 6.13. The Kier molecular flexibility index (Phi) is 6.19. The topological polar surface area (TPSA) is 48.0 Å². The zero-order valence-electron chi connectivity index (χ0n) is 10.7. The number of aromatic nitrogens is 1. The molecule has 0 atom stereocenters. The summed E-state index contributed by atoms with van der Waals surface area (Å²) in [4.78, 5) is 11.5. The van der Waals surface area contributed by atoms with Gasteiger partial charge in [0.15, 0.2) is 0 Å². The van der Waals surface area contributed by atoms with Gasteiger partial charge in [0.2, 0.25) is 0 Å². The molecule has 0 aromatic carbocycles. The molecule has 3 nitrogen and oxygen atoms in total. The molecular formula is C13H22N2OS. The highest BCUT2D eigenvalue weighted by atomic mass is 32.2. The van der Waals surface area contributed by atoms with Crippen LogP contribution in [0.2, 0.25) is 0 Å². The van der Waals surface area contributed by atoms with Crippen LogP contribution in [0, 0.1) is 5.92 Å². The van der Waals surface area contributed by atoms with Gasteiger partial charge >= 0.3 is 0 Å². The number of thioether (sulfide) groups is 1. The molecule has 0 fully saturated rings. The Hall–Kier alpha value is -0.900. The summed E-state index contributed by atoms with van der Waals surface area (Å²) < 4.78 is 1.69. The number of hydrogen-bond acceptors (Lipinski definition) is 3.